The van der Waals surface area contributed by atoms with E-state index < -0.39 is 0 Å². The van der Waals surface area contributed by atoms with Crippen LogP contribution in [0.3, 0.4) is 0 Å². The third kappa shape index (κ3) is 5.56. The summed E-state index contributed by atoms with van der Waals surface area (Å²) in [5.74, 6) is -0.338. The van der Waals surface area contributed by atoms with Crippen molar-refractivity contribution < 1.29 is 9.59 Å². The number of amides is 2. The summed E-state index contributed by atoms with van der Waals surface area (Å²) in [5, 5.41) is 2.87. The SMILES string of the molecule is CCCCCNC(=O)c1cccc(C(=O)N2CCN(c3cccc(C)c3)CC2)n1. The number of unbranched alkanes of at least 4 members (excludes halogenated alkanes) is 2. The summed E-state index contributed by atoms with van der Waals surface area (Å²) in [5.41, 5.74) is 3.05. The molecular weight excluding hydrogens is 364 g/mol. The van der Waals surface area contributed by atoms with Crippen LogP contribution in [0, 0.1) is 6.92 Å². The molecule has 1 N–H and O–H groups in total. The molecule has 0 bridgehead atoms. The third-order valence-electron chi connectivity index (χ3n) is 5.20. The van der Waals surface area contributed by atoms with Gasteiger partial charge in [0.05, 0.1) is 0 Å². The molecule has 0 atom stereocenters. The van der Waals surface area contributed by atoms with Gasteiger partial charge in [-0.05, 0) is 43.2 Å². The Labute approximate surface area is 172 Å². The van der Waals surface area contributed by atoms with Crippen LogP contribution in [0.1, 0.15) is 52.7 Å². The lowest BCUT2D eigenvalue weighted by Crippen LogP contribution is -2.49. The monoisotopic (exact) mass is 394 g/mol. The highest BCUT2D eigenvalue weighted by molar-refractivity contribution is 5.96. The summed E-state index contributed by atoms with van der Waals surface area (Å²) >= 11 is 0. The summed E-state index contributed by atoms with van der Waals surface area (Å²) in [4.78, 5) is 33.6. The number of aryl methyl sites for hydroxylation is 1. The molecule has 29 heavy (non-hydrogen) atoms. The van der Waals surface area contributed by atoms with E-state index in [4.69, 9.17) is 0 Å². The number of nitrogens with one attached hydrogen (secondary N) is 1. The summed E-state index contributed by atoms with van der Waals surface area (Å²) in [6.07, 6.45) is 3.14. The molecule has 6 nitrogen and oxygen atoms in total. The number of nitrogens with zero attached hydrogens (tertiary/aromatic N) is 3. The van der Waals surface area contributed by atoms with Gasteiger partial charge in [-0.2, -0.15) is 0 Å². The first-order valence-electron chi connectivity index (χ1n) is 10.4. The van der Waals surface area contributed by atoms with Crippen LogP contribution in [0.15, 0.2) is 42.5 Å². The van der Waals surface area contributed by atoms with E-state index in [0.29, 0.717) is 31.0 Å². The molecule has 1 fully saturated rings. The second kappa shape index (κ2) is 10.0. The zero-order valence-corrected chi connectivity index (χ0v) is 17.4. The molecule has 1 saturated heterocycles. The molecule has 1 aliphatic rings. The van der Waals surface area contributed by atoms with E-state index in [1.807, 2.05) is 4.90 Å². The van der Waals surface area contributed by atoms with Gasteiger partial charge in [0.2, 0.25) is 0 Å². The zero-order valence-electron chi connectivity index (χ0n) is 17.4. The Morgan fingerprint density at radius 2 is 1.72 bits per heavy atom. The number of benzene rings is 1. The van der Waals surface area contributed by atoms with Crippen LogP contribution < -0.4 is 10.2 Å². The fourth-order valence-electron chi connectivity index (χ4n) is 3.50. The van der Waals surface area contributed by atoms with Gasteiger partial charge in [-0.3, -0.25) is 9.59 Å². The van der Waals surface area contributed by atoms with E-state index in [1.54, 1.807) is 18.2 Å². The lowest BCUT2D eigenvalue weighted by molar-refractivity contribution is 0.0740. The van der Waals surface area contributed by atoms with Crippen LogP contribution in [0.5, 0.6) is 0 Å². The van der Waals surface area contributed by atoms with E-state index in [1.165, 1.54) is 11.3 Å². The van der Waals surface area contributed by atoms with Crippen LogP contribution >= 0.6 is 0 Å². The fourth-order valence-corrected chi connectivity index (χ4v) is 3.50. The number of carbonyl (C=O) groups excluding carboxylic acids is 2. The van der Waals surface area contributed by atoms with E-state index in [2.05, 4.69) is 53.3 Å². The fraction of sp³-hybridized carbons (Fsp3) is 0.435. The Bertz CT molecular complexity index is 844. The molecule has 6 heteroatoms. The van der Waals surface area contributed by atoms with Gasteiger partial charge in [0.25, 0.3) is 11.8 Å². The third-order valence-corrected chi connectivity index (χ3v) is 5.20. The summed E-state index contributed by atoms with van der Waals surface area (Å²) in [6.45, 7) is 7.69. The van der Waals surface area contributed by atoms with Gasteiger partial charge in [-0.15, -0.1) is 0 Å². The number of anilines is 1. The van der Waals surface area contributed by atoms with Crippen molar-refractivity contribution in [3.63, 3.8) is 0 Å². The van der Waals surface area contributed by atoms with Gasteiger partial charge in [-0.1, -0.05) is 38.0 Å². The van der Waals surface area contributed by atoms with Crippen LogP contribution in [-0.2, 0) is 0 Å². The number of pyridine rings is 1. The minimum atomic E-state index is -0.222. The first kappa shape index (κ1) is 20.8. The predicted octanol–water partition coefficient (Wildman–Crippen LogP) is 3.27. The molecule has 1 aromatic carbocycles. The van der Waals surface area contributed by atoms with Crippen LogP contribution in [-0.4, -0.2) is 54.4 Å². The normalized spacial score (nSPS) is 14.0. The maximum atomic E-state index is 12.9. The van der Waals surface area contributed by atoms with Gasteiger partial charge in [-0.25, -0.2) is 4.98 Å². The van der Waals surface area contributed by atoms with E-state index in [-0.39, 0.29) is 11.8 Å². The maximum Gasteiger partial charge on any atom is 0.272 e. The quantitative estimate of drug-likeness (QED) is 0.732. The molecule has 2 heterocycles. The molecule has 2 aromatic rings. The van der Waals surface area contributed by atoms with Gasteiger partial charge < -0.3 is 15.1 Å². The highest BCUT2D eigenvalue weighted by Gasteiger charge is 2.23. The molecule has 0 aliphatic carbocycles. The zero-order chi connectivity index (χ0) is 20.6. The first-order valence-corrected chi connectivity index (χ1v) is 10.4. The standard InChI is InChI=1S/C23H30N4O2/c1-3-4-5-12-24-22(28)20-10-7-11-21(25-20)23(29)27-15-13-26(14-16-27)19-9-6-8-18(2)17-19/h6-11,17H,3-5,12-16H2,1-2H3,(H,24,28). The molecular formula is C23H30N4O2. The Kier molecular flexibility index (Phi) is 7.22. The molecule has 0 spiro atoms. The van der Waals surface area contributed by atoms with Gasteiger partial charge >= 0.3 is 0 Å². The first-order chi connectivity index (χ1) is 14.1. The average Bonchev–Trinajstić information content (AvgIpc) is 2.76. The van der Waals surface area contributed by atoms with E-state index in [0.717, 1.165) is 32.4 Å². The minimum Gasteiger partial charge on any atom is -0.368 e. The number of rotatable bonds is 7. The van der Waals surface area contributed by atoms with E-state index in [9.17, 15) is 9.59 Å². The summed E-state index contributed by atoms with van der Waals surface area (Å²) in [6, 6.07) is 13.5. The lowest BCUT2D eigenvalue weighted by Gasteiger charge is -2.36. The van der Waals surface area contributed by atoms with Gasteiger partial charge in [0.15, 0.2) is 0 Å². The molecule has 0 unspecified atom stereocenters. The average molecular weight is 395 g/mol. The van der Waals surface area contributed by atoms with Crippen LogP contribution in [0.2, 0.25) is 0 Å². The van der Waals surface area contributed by atoms with Crippen molar-refractivity contribution in [2.75, 3.05) is 37.6 Å². The molecule has 3 rings (SSSR count). The van der Waals surface area contributed by atoms with Crippen molar-refractivity contribution in [2.45, 2.75) is 33.1 Å². The second-order valence-corrected chi connectivity index (χ2v) is 7.49. The Morgan fingerprint density at radius 1 is 1.00 bits per heavy atom. The predicted molar refractivity (Wildman–Crippen MR) is 115 cm³/mol. The summed E-state index contributed by atoms with van der Waals surface area (Å²) < 4.78 is 0. The van der Waals surface area contributed by atoms with E-state index >= 15 is 0 Å². The van der Waals surface area contributed by atoms with Crippen molar-refractivity contribution >= 4 is 17.5 Å². The van der Waals surface area contributed by atoms with Crippen LogP contribution in [0.25, 0.3) is 0 Å². The molecule has 2 amide bonds. The smallest absolute Gasteiger partial charge is 0.272 e. The van der Waals surface area contributed by atoms with Crippen LogP contribution in [0.4, 0.5) is 5.69 Å². The highest BCUT2D eigenvalue weighted by Crippen LogP contribution is 2.18. The number of piperazine rings is 1. The molecule has 154 valence electrons. The number of hydrogen-bond donors (Lipinski definition) is 1. The highest BCUT2D eigenvalue weighted by atomic mass is 16.2. The molecule has 0 radical (unpaired) electrons. The topological polar surface area (TPSA) is 65.5 Å². The number of carbonyl (C=O) groups is 2. The Morgan fingerprint density at radius 3 is 2.45 bits per heavy atom. The maximum absolute atomic E-state index is 12.9. The number of aromatic nitrogens is 1. The molecule has 0 saturated carbocycles. The molecule has 1 aromatic heterocycles. The van der Waals surface area contributed by atoms with Crippen molar-refractivity contribution in [3.05, 3.63) is 59.4 Å². The van der Waals surface area contributed by atoms with Gasteiger partial charge in [0.1, 0.15) is 11.4 Å². The Balaban J connectivity index is 1.57. The van der Waals surface area contributed by atoms with Crippen molar-refractivity contribution in [3.8, 4) is 0 Å². The van der Waals surface area contributed by atoms with Gasteiger partial charge in [0, 0.05) is 38.4 Å². The van der Waals surface area contributed by atoms with Crippen molar-refractivity contribution in [1.82, 2.24) is 15.2 Å². The minimum absolute atomic E-state index is 0.116. The van der Waals surface area contributed by atoms with Crippen molar-refractivity contribution in [1.29, 1.82) is 0 Å². The Hall–Kier alpha value is -2.89. The largest absolute Gasteiger partial charge is 0.368 e. The van der Waals surface area contributed by atoms with Crippen molar-refractivity contribution in [2.24, 2.45) is 0 Å². The number of hydrogen-bond acceptors (Lipinski definition) is 4. The molecule has 1 aliphatic heterocycles. The summed E-state index contributed by atoms with van der Waals surface area (Å²) in [7, 11) is 0. The lowest BCUT2D eigenvalue weighted by atomic mass is 10.2. The second-order valence-electron chi connectivity index (χ2n) is 7.49.